The highest BCUT2D eigenvalue weighted by Crippen LogP contribution is 2.64. The maximum atomic E-state index is 11.0. The molecule has 4 nitrogen and oxygen atoms in total. The molecule has 3 aliphatic rings. The van der Waals surface area contributed by atoms with Gasteiger partial charge in [0.1, 0.15) is 0 Å². The first-order valence-corrected chi connectivity index (χ1v) is 9.90. The van der Waals surface area contributed by atoms with Crippen molar-refractivity contribution in [1.82, 2.24) is 0 Å². The van der Waals surface area contributed by atoms with E-state index in [9.17, 15) is 4.79 Å². The summed E-state index contributed by atoms with van der Waals surface area (Å²) in [5.74, 6) is 0.840. The third kappa shape index (κ3) is 3.16. The highest BCUT2D eigenvalue weighted by Gasteiger charge is 2.60. The van der Waals surface area contributed by atoms with Crippen molar-refractivity contribution in [3.8, 4) is 0 Å². The molecular weight excluding hydrogens is 316 g/mol. The normalized spacial score (nSPS) is 41.6. The number of allylic oxidation sites excluding steroid dienone is 1. The van der Waals surface area contributed by atoms with E-state index >= 15 is 0 Å². The average Bonchev–Trinajstić information content (AvgIpc) is 2.94. The largest absolute Gasteiger partial charge is 0.481 e. The quantitative estimate of drug-likeness (QED) is 0.709. The SMILES string of the molecule is COC1OCC23CCC(C)C(C)(CCC(C)CC(=O)O)C2CCC=C13. The number of carboxylic acid groups (broad SMARTS) is 1. The molecule has 1 saturated carbocycles. The van der Waals surface area contributed by atoms with Crippen LogP contribution in [0.25, 0.3) is 0 Å². The minimum Gasteiger partial charge on any atom is -0.481 e. The van der Waals surface area contributed by atoms with E-state index in [0.717, 1.165) is 25.9 Å². The van der Waals surface area contributed by atoms with Gasteiger partial charge in [-0.15, -0.1) is 0 Å². The molecule has 0 amide bonds. The lowest BCUT2D eigenvalue weighted by atomic mass is 9.46. The number of methoxy groups -OCH3 is 1. The summed E-state index contributed by atoms with van der Waals surface area (Å²) in [6.45, 7) is 7.72. The summed E-state index contributed by atoms with van der Waals surface area (Å²) in [7, 11) is 1.74. The number of aliphatic carboxylic acids is 1. The first-order chi connectivity index (χ1) is 11.8. The predicted molar refractivity (Wildman–Crippen MR) is 97.1 cm³/mol. The summed E-state index contributed by atoms with van der Waals surface area (Å²) >= 11 is 0. The standard InChI is InChI=1S/C21H34O4/c1-14(12-18(22)23)8-10-20(3)15(2)9-11-21-13-25-19(24-4)16(21)6-5-7-17(20)21/h6,14-15,17,19H,5,7-13H2,1-4H3,(H,22,23). The highest BCUT2D eigenvalue weighted by molar-refractivity contribution is 5.66. The van der Waals surface area contributed by atoms with Crippen LogP contribution in [0.3, 0.4) is 0 Å². The number of carbonyl (C=O) groups is 1. The smallest absolute Gasteiger partial charge is 0.303 e. The van der Waals surface area contributed by atoms with Crippen LogP contribution < -0.4 is 0 Å². The number of hydrogen-bond acceptors (Lipinski definition) is 3. The Hall–Kier alpha value is -0.870. The van der Waals surface area contributed by atoms with Crippen molar-refractivity contribution >= 4 is 5.97 Å². The van der Waals surface area contributed by atoms with E-state index in [1.165, 1.54) is 24.8 Å². The van der Waals surface area contributed by atoms with Gasteiger partial charge in [0.25, 0.3) is 0 Å². The Morgan fingerprint density at radius 2 is 2.24 bits per heavy atom. The molecule has 1 spiro atoms. The summed E-state index contributed by atoms with van der Waals surface area (Å²) in [5.41, 5.74) is 1.79. The first kappa shape index (κ1) is 18.9. The zero-order valence-corrected chi connectivity index (χ0v) is 16.2. The van der Waals surface area contributed by atoms with Crippen LogP contribution in [0.4, 0.5) is 0 Å². The zero-order valence-electron chi connectivity index (χ0n) is 16.2. The van der Waals surface area contributed by atoms with Gasteiger partial charge in [-0.25, -0.2) is 0 Å². The summed E-state index contributed by atoms with van der Waals surface area (Å²) < 4.78 is 11.7. The fourth-order valence-corrected chi connectivity index (χ4v) is 5.99. The topological polar surface area (TPSA) is 55.8 Å². The third-order valence-corrected chi connectivity index (χ3v) is 7.67. The van der Waals surface area contributed by atoms with E-state index in [2.05, 4.69) is 26.8 Å². The highest BCUT2D eigenvalue weighted by atomic mass is 16.7. The molecule has 3 rings (SSSR count). The summed E-state index contributed by atoms with van der Waals surface area (Å²) in [4.78, 5) is 11.0. The van der Waals surface area contributed by atoms with Gasteiger partial charge in [0.05, 0.1) is 6.61 Å². The van der Waals surface area contributed by atoms with Crippen molar-refractivity contribution in [3.05, 3.63) is 11.6 Å². The van der Waals surface area contributed by atoms with Crippen molar-refractivity contribution in [2.24, 2.45) is 28.6 Å². The summed E-state index contributed by atoms with van der Waals surface area (Å²) in [6.07, 6.45) is 9.35. The van der Waals surface area contributed by atoms with Gasteiger partial charge in [-0.2, -0.15) is 0 Å². The number of ether oxygens (including phenoxy) is 2. The van der Waals surface area contributed by atoms with Crippen molar-refractivity contribution < 1.29 is 19.4 Å². The molecule has 142 valence electrons. The predicted octanol–water partition coefficient (Wildman–Crippen LogP) is 4.64. The van der Waals surface area contributed by atoms with Crippen molar-refractivity contribution in [1.29, 1.82) is 0 Å². The summed E-state index contributed by atoms with van der Waals surface area (Å²) in [6, 6.07) is 0. The first-order valence-electron chi connectivity index (χ1n) is 9.90. The van der Waals surface area contributed by atoms with Crippen molar-refractivity contribution in [3.63, 3.8) is 0 Å². The Morgan fingerprint density at radius 1 is 1.48 bits per heavy atom. The molecule has 2 fully saturated rings. The van der Waals surface area contributed by atoms with Crippen molar-refractivity contribution in [2.45, 2.75) is 72.0 Å². The lowest BCUT2D eigenvalue weighted by molar-refractivity contribution is -0.138. The molecule has 0 bridgehead atoms. The van der Waals surface area contributed by atoms with Crippen LogP contribution in [-0.2, 0) is 14.3 Å². The van der Waals surface area contributed by atoms with Crippen LogP contribution in [-0.4, -0.2) is 31.1 Å². The van der Waals surface area contributed by atoms with Gasteiger partial charge in [0.15, 0.2) is 6.29 Å². The Balaban J connectivity index is 1.82. The second-order valence-corrected chi connectivity index (χ2v) is 9.01. The number of hydrogen-bond donors (Lipinski definition) is 1. The van der Waals surface area contributed by atoms with Gasteiger partial charge in [0.2, 0.25) is 0 Å². The fraction of sp³-hybridized carbons (Fsp3) is 0.857. The molecule has 1 aliphatic heterocycles. The van der Waals surface area contributed by atoms with E-state index in [4.69, 9.17) is 14.6 Å². The Kier molecular flexibility index (Phi) is 5.32. The molecule has 6 atom stereocenters. The fourth-order valence-electron chi connectivity index (χ4n) is 5.99. The molecule has 4 heteroatoms. The molecule has 6 unspecified atom stereocenters. The number of carboxylic acids is 1. The van der Waals surface area contributed by atoms with E-state index in [1.807, 2.05) is 0 Å². The Labute approximate surface area is 152 Å². The second kappa shape index (κ2) is 7.03. The summed E-state index contributed by atoms with van der Waals surface area (Å²) in [5, 5.41) is 9.06. The maximum absolute atomic E-state index is 11.0. The molecule has 1 heterocycles. The molecule has 0 aromatic heterocycles. The molecule has 2 aliphatic carbocycles. The molecule has 0 aromatic carbocycles. The average molecular weight is 350 g/mol. The monoisotopic (exact) mass is 350 g/mol. The van der Waals surface area contributed by atoms with Crippen LogP contribution >= 0.6 is 0 Å². The molecule has 25 heavy (non-hydrogen) atoms. The van der Waals surface area contributed by atoms with Gasteiger partial charge in [0, 0.05) is 18.9 Å². The van der Waals surface area contributed by atoms with Crippen molar-refractivity contribution in [2.75, 3.05) is 13.7 Å². The zero-order chi connectivity index (χ0) is 18.2. The van der Waals surface area contributed by atoms with Gasteiger partial charge in [-0.3, -0.25) is 4.79 Å². The minimum absolute atomic E-state index is 0.149. The maximum Gasteiger partial charge on any atom is 0.303 e. The molecule has 0 aromatic rings. The van der Waals surface area contributed by atoms with Gasteiger partial charge >= 0.3 is 5.97 Å². The van der Waals surface area contributed by atoms with Crippen LogP contribution in [0, 0.1) is 28.6 Å². The Bertz CT molecular complexity index is 542. The van der Waals surface area contributed by atoms with Crippen LogP contribution in [0.1, 0.15) is 65.7 Å². The molecule has 1 saturated heterocycles. The van der Waals surface area contributed by atoms with E-state index < -0.39 is 5.97 Å². The molecule has 1 N–H and O–H groups in total. The third-order valence-electron chi connectivity index (χ3n) is 7.67. The lowest BCUT2D eigenvalue weighted by Gasteiger charge is -2.57. The number of rotatable bonds is 6. The van der Waals surface area contributed by atoms with Gasteiger partial charge in [-0.05, 0) is 67.3 Å². The minimum atomic E-state index is -0.680. The van der Waals surface area contributed by atoms with Gasteiger partial charge < -0.3 is 14.6 Å². The second-order valence-electron chi connectivity index (χ2n) is 9.01. The van der Waals surface area contributed by atoms with E-state index in [0.29, 0.717) is 11.8 Å². The molecular formula is C21H34O4. The lowest BCUT2D eigenvalue weighted by Crippen LogP contribution is -2.51. The Morgan fingerprint density at radius 3 is 2.92 bits per heavy atom. The van der Waals surface area contributed by atoms with Gasteiger partial charge in [-0.1, -0.05) is 26.8 Å². The van der Waals surface area contributed by atoms with E-state index in [1.54, 1.807) is 7.11 Å². The van der Waals surface area contributed by atoms with Crippen LogP contribution in [0.2, 0.25) is 0 Å². The van der Waals surface area contributed by atoms with Crippen LogP contribution in [0.5, 0.6) is 0 Å². The van der Waals surface area contributed by atoms with Crippen LogP contribution in [0.15, 0.2) is 11.6 Å². The molecule has 0 radical (unpaired) electrons. The van der Waals surface area contributed by atoms with E-state index in [-0.39, 0.29) is 29.5 Å².